The number of carbonyl (C=O) groups excluding carboxylic acids is 1. The van der Waals surface area contributed by atoms with Gasteiger partial charge in [-0.2, -0.15) is 0 Å². The van der Waals surface area contributed by atoms with Crippen molar-refractivity contribution in [2.24, 2.45) is 0 Å². The average molecular weight is 312 g/mol. The topological polar surface area (TPSA) is 63.2 Å². The maximum Gasteiger partial charge on any atom is 0.320 e. The van der Waals surface area contributed by atoms with Crippen molar-refractivity contribution in [2.45, 2.75) is 45.1 Å². The third-order valence-electron chi connectivity index (χ3n) is 3.72. The van der Waals surface area contributed by atoms with Gasteiger partial charge in [-0.3, -0.25) is 5.32 Å². The largest absolute Gasteiger partial charge is 0.373 e. The van der Waals surface area contributed by atoms with Crippen molar-refractivity contribution in [1.29, 1.82) is 0 Å². The highest BCUT2D eigenvalue weighted by Gasteiger charge is 2.28. The van der Waals surface area contributed by atoms with E-state index in [4.69, 9.17) is 16.3 Å². The molecular formula is C15H22ClN3O2. The van der Waals surface area contributed by atoms with Crippen LogP contribution in [0.15, 0.2) is 12.3 Å². The summed E-state index contributed by atoms with van der Waals surface area (Å²) >= 11 is 5.91. The van der Waals surface area contributed by atoms with Crippen LogP contribution in [0.4, 0.5) is 10.6 Å². The summed E-state index contributed by atoms with van der Waals surface area (Å²) in [7, 11) is 0. The summed E-state index contributed by atoms with van der Waals surface area (Å²) in [4.78, 5) is 16.2. The summed E-state index contributed by atoms with van der Waals surface area (Å²) in [5.74, 6) is 0.550. The van der Waals surface area contributed by atoms with Crippen molar-refractivity contribution in [1.82, 2.24) is 10.3 Å². The van der Waals surface area contributed by atoms with E-state index in [0.717, 1.165) is 37.9 Å². The second-order valence-electron chi connectivity index (χ2n) is 5.58. The quantitative estimate of drug-likeness (QED) is 0.896. The first-order valence-electron chi connectivity index (χ1n) is 7.36. The molecule has 5 nitrogen and oxygen atoms in total. The van der Waals surface area contributed by atoms with Crippen LogP contribution in [0.1, 0.15) is 38.7 Å². The number of nitrogens with zero attached hydrogens (tertiary/aromatic N) is 1. The highest BCUT2D eigenvalue weighted by molar-refractivity contribution is 6.30. The Balaban J connectivity index is 1.90. The molecule has 1 atom stereocenters. The predicted molar refractivity (Wildman–Crippen MR) is 83.9 cm³/mol. The van der Waals surface area contributed by atoms with Crippen molar-refractivity contribution in [2.75, 3.05) is 18.5 Å². The summed E-state index contributed by atoms with van der Waals surface area (Å²) in [6, 6.07) is 1.55. The number of urea groups is 1. The van der Waals surface area contributed by atoms with E-state index >= 15 is 0 Å². The first-order valence-corrected chi connectivity index (χ1v) is 7.73. The van der Waals surface area contributed by atoms with E-state index < -0.39 is 0 Å². The van der Waals surface area contributed by atoms with Gasteiger partial charge < -0.3 is 10.1 Å². The van der Waals surface area contributed by atoms with E-state index in [1.807, 2.05) is 19.9 Å². The number of hydrogen-bond donors (Lipinski definition) is 2. The van der Waals surface area contributed by atoms with Gasteiger partial charge in [-0.15, -0.1) is 0 Å². The molecule has 1 saturated heterocycles. The first-order chi connectivity index (χ1) is 10.0. The smallest absolute Gasteiger partial charge is 0.320 e. The highest BCUT2D eigenvalue weighted by atomic mass is 35.5. The zero-order valence-corrected chi connectivity index (χ0v) is 13.3. The highest BCUT2D eigenvalue weighted by Crippen LogP contribution is 2.23. The minimum atomic E-state index is -0.269. The molecule has 1 aromatic rings. The normalized spacial score (nSPS) is 21.9. The molecule has 116 valence electrons. The number of rotatable bonds is 4. The maximum atomic E-state index is 12.0. The van der Waals surface area contributed by atoms with Crippen LogP contribution in [-0.4, -0.2) is 29.8 Å². The molecule has 0 radical (unpaired) electrons. The molecule has 2 N–H and O–H groups in total. The lowest BCUT2D eigenvalue weighted by atomic mass is 9.96. The number of aryl methyl sites for hydroxylation is 1. The number of anilines is 1. The molecule has 0 bridgehead atoms. The van der Waals surface area contributed by atoms with Gasteiger partial charge in [0.1, 0.15) is 5.82 Å². The monoisotopic (exact) mass is 311 g/mol. The number of amides is 2. The zero-order chi connectivity index (χ0) is 15.3. The van der Waals surface area contributed by atoms with Crippen LogP contribution < -0.4 is 10.6 Å². The van der Waals surface area contributed by atoms with Crippen molar-refractivity contribution < 1.29 is 9.53 Å². The number of ether oxygens (including phenoxy) is 1. The Morgan fingerprint density at radius 1 is 1.52 bits per heavy atom. The van der Waals surface area contributed by atoms with Crippen LogP contribution >= 0.6 is 11.6 Å². The molecular weight excluding hydrogens is 290 g/mol. The van der Waals surface area contributed by atoms with Crippen LogP contribution in [-0.2, 0) is 11.2 Å². The van der Waals surface area contributed by atoms with Gasteiger partial charge in [-0.1, -0.05) is 18.5 Å². The Hall–Kier alpha value is -1.33. The van der Waals surface area contributed by atoms with Crippen LogP contribution in [0, 0.1) is 0 Å². The summed E-state index contributed by atoms with van der Waals surface area (Å²) in [6.45, 7) is 5.28. The van der Waals surface area contributed by atoms with E-state index in [-0.39, 0.29) is 11.6 Å². The zero-order valence-electron chi connectivity index (χ0n) is 12.5. The number of carbonyl (C=O) groups is 1. The third-order valence-corrected chi connectivity index (χ3v) is 3.93. The Morgan fingerprint density at radius 3 is 3.00 bits per heavy atom. The lowest BCUT2D eigenvalue weighted by molar-refractivity contribution is -0.0612. The number of aromatic nitrogens is 1. The summed E-state index contributed by atoms with van der Waals surface area (Å²) < 4.78 is 5.75. The fourth-order valence-electron chi connectivity index (χ4n) is 2.41. The van der Waals surface area contributed by atoms with Crippen molar-refractivity contribution in [3.63, 3.8) is 0 Å². The molecule has 0 aromatic carbocycles. The summed E-state index contributed by atoms with van der Waals surface area (Å²) in [5, 5.41) is 6.20. The van der Waals surface area contributed by atoms with E-state index in [0.29, 0.717) is 17.4 Å². The standard InChI is InChI=1S/C15H22ClN3O2/c1-3-11-8-12(16)9-17-13(11)19-14(20)18-10-15(2)6-4-5-7-21-15/h8-9H,3-7,10H2,1-2H3,(H2,17,18,19,20). The van der Waals surface area contributed by atoms with Crippen LogP contribution in [0.5, 0.6) is 0 Å². The van der Waals surface area contributed by atoms with Crippen molar-refractivity contribution in [3.05, 3.63) is 22.8 Å². The molecule has 21 heavy (non-hydrogen) atoms. The van der Waals surface area contributed by atoms with Crippen molar-refractivity contribution in [3.8, 4) is 0 Å². The Kier molecular flexibility index (Phi) is 5.42. The number of halogens is 1. The van der Waals surface area contributed by atoms with Crippen LogP contribution in [0.2, 0.25) is 5.02 Å². The molecule has 0 spiro atoms. The van der Waals surface area contributed by atoms with Gasteiger partial charge in [-0.25, -0.2) is 9.78 Å². The van der Waals surface area contributed by atoms with Gasteiger partial charge in [0.25, 0.3) is 0 Å². The molecule has 2 amide bonds. The van der Waals surface area contributed by atoms with Gasteiger partial charge in [-0.05, 0) is 44.2 Å². The maximum absolute atomic E-state index is 12.0. The molecule has 0 saturated carbocycles. The minimum absolute atomic E-state index is 0.267. The Labute approximate surface area is 130 Å². The lowest BCUT2D eigenvalue weighted by Gasteiger charge is -2.33. The second-order valence-corrected chi connectivity index (χ2v) is 6.01. The van der Waals surface area contributed by atoms with Crippen LogP contribution in [0.3, 0.4) is 0 Å². The van der Waals surface area contributed by atoms with E-state index in [2.05, 4.69) is 15.6 Å². The first kappa shape index (κ1) is 16.0. The van der Waals surface area contributed by atoms with E-state index in [1.165, 1.54) is 6.20 Å². The average Bonchev–Trinajstić information content (AvgIpc) is 2.48. The van der Waals surface area contributed by atoms with Gasteiger partial charge in [0.2, 0.25) is 0 Å². The lowest BCUT2D eigenvalue weighted by Crippen LogP contribution is -2.46. The molecule has 6 heteroatoms. The molecule has 1 fully saturated rings. The minimum Gasteiger partial charge on any atom is -0.373 e. The van der Waals surface area contributed by atoms with E-state index in [1.54, 1.807) is 0 Å². The van der Waals surface area contributed by atoms with Gasteiger partial charge >= 0.3 is 6.03 Å². The van der Waals surface area contributed by atoms with Crippen molar-refractivity contribution >= 4 is 23.4 Å². The number of hydrogen-bond acceptors (Lipinski definition) is 3. The predicted octanol–water partition coefficient (Wildman–Crippen LogP) is 3.38. The van der Waals surface area contributed by atoms with Crippen LogP contribution in [0.25, 0.3) is 0 Å². The Morgan fingerprint density at radius 2 is 2.33 bits per heavy atom. The molecule has 1 aliphatic rings. The fourth-order valence-corrected chi connectivity index (χ4v) is 2.59. The molecule has 0 aliphatic carbocycles. The number of nitrogens with one attached hydrogen (secondary N) is 2. The summed E-state index contributed by atoms with van der Waals surface area (Å²) in [5.41, 5.74) is 0.647. The summed E-state index contributed by atoms with van der Waals surface area (Å²) in [6.07, 6.45) is 5.48. The number of pyridine rings is 1. The molecule has 1 aromatic heterocycles. The molecule has 2 rings (SSSR count). The fraction of sp³-hybridized carbons (Fsp3) is 0.600. The third kappa shape index (κ3) is 4.58. The molecule has 1 unspecified atom stereocenters. The van der Waals surface area contributed by atoms with Gasteiger partial charge in [0.05, 0.1) is 10.6 Å². The molecule has 1 aliphatic heterocycles. The van der Waals surface area contributed by atoms with Gasteiger partial charge in [0, 0.05) is 19.3 Å². The SMILES string of the molecule is CCc1cc(Cl)cnc1NC(=O)NCC1(C)CCCCO1. The van der Waals surface area contributed by atoms with E-state index in [9.17, 15) is 4.79 Å². The van der Waals surface area contributed by atoms with Gasteiger partial charge in [0.15, 0.2) is 0 Å². The Bertz CT molecular complexity index is 502. The molecule has 2 heterocycles. The second kappa shape index (κ2) is 7.09.